The highest BCUT2D eigenvalue weighted by Gasteiger charge is 2.26. The van der Waals surface area contributed by atoms with Crippen LogP contribution in [0.25, 0.3) is 0 Å². The molecule has 0 saturated heterocycles. The number of hydrogen-bond donors (Lipinski definition) is 0. The summed E-state index contributed by atoms with van der Waals surface area (Å²) in [7, 11) is 0. The van der Waals surface area contributed by atoms with Gasteiger partial charge in [-0.25, -0.2) is 0 Å². The van der Waals surface area contributed by atoms with Crippen molar-refractivity contribution in [3.05, 3.63) is 55.2 Å². The lowest BCUT2D eigenvalue weighted by Gasteiger charge is -2.09. The van der Waals surface area contributed by atoms with E-state index in [1.54, 1.807) is 24.3 Å². The van der Waals surface area contributed by atoms with Crippen molar-refractivity contribution < 1.29 is 4.79 Å². The first kappa shape index (κ1) is 14.4. The molecule has 0 spiro atoms. The Bertz CT molecular complexity index is 675. The minimum Gasteiger partial charge on any atom is -0.292 e. The van der Waals surface area contributed by atoms with Gasteiger partial charge in [0.2, 0.25) is 0 Å². The number of carbonyl (C=O) groups excluding carboxylic acids is 1. The molecule has 0 amide bonds. The van der Waals surface area contributed by atoms with Crippen molar-refractivity contribution in [3.63, 3.8) is 0 Å². The van der Waals surface area contributed by atoms with Crippen LogP contribution in [0.4, 0.5) is 0 Å². The number of ketones is 1. The summed E-state index contributed by atoms with van der Waals surface area (Å²) in [6.45, 7) is 0. The molecule has 96 valence electrons. The molecule has 1 aromatic heterocycles. The zero-order valence-electron chi connectivity index (χ0n) is 9.36. The second-order valence-corrected chi connectivity index (χ2v) is 6.38. The van der Waals surface area contributed by atoms with Crippen molar-refractivity contribution in [1.82, 2.24) is 0 Å². The quantitative estimate of drug-likeness (QED) is 0.726. The summed E-state index contributed by atoms with van der Waals surface area (Å²) < 4.78 is 0.687. The van der Waals surface area contributed by atoms with Crippen molar-refractivity contribution in [2.75, 3.05) is 0 Å². The Morgan fingerprint density at radius 3 is 2.47 bits per heavy atom. The van der Waals surface area contributed by atoms with E-state index in [0.29, 0.717) is 14.9 Å². The van der Waals surface area contributed by atoms with E-state index in [0.717, 1.165) is 11.3 Å². The molecule has 0 aliphatic rings. The highest BCUT2D eigenvalue weighted by Crippen LogP contribution is 2.35. The number of carbonyl (C=O) groups is 1. The fourth-order valence-electron chi connectivity index (χ4n) is 1.64. The van der Waals surface area contributed by atoms with Crippen LogP contribution in [0.3, 0.4) is 0 Å². The first-order valence-corrected chi connectivity index (χ1v) is 7.12. The molecule has 1 aromatic carbocycles. The minimum atomic E-state index is -0.989. The number of rotatable bonds is 3. The van der Waals surface area contributed by atoms with E-state index in [2.05, 4.69) is 0 Å². The number of nitriles is 1. The summed E-state index contributed by atoms with van der Waals surface area (Å²) in [6.07, 6.45) is 0. The van der Waals surface area contributed by atoms with Crippen molar-refractivity contribution in [1.29, 1.82) is 5.26 Å². The van der Waals surface area contributed by atoms with Crippen LogP contribution in [0, 0.1) is 11.3 Å². The maximum atomic E-state index is 12.3. The smallest absolute Gasteiger partial charge is 0.186 e. The lowest BCUT2D eigenvalue weighted by Crippen LogP contribution is -2.11. The second kappa shape index (κ2) is 5.94. The third-order valence-electron chi connectivity index (χ3n) is 2.53. The van der Waals surface area contributed by atoms with Crippen LogP contribution in [0.1, 0.15) is 21.8 Å². The number of thiophene rings is 1. The lowest BCUT2D eigenvalue weighted by molar-refractivity contribution is 0.0979. The van der Waals surface area contributed by atoms with Crippen molar-refractivity contribution in [3.8, 4) is 6.07 Å². The van der Waals surface area contributed by atoms with E-state index < -0.39 is 11.7 Å². The summed E-state index contributed by atoms with van der Waals surface area (Å²) in [4.78, 5) is 12.3. The molecule has 0 fully saturated rings. The van der Waals surface area contributed by atoms with Gasteiger partial charge in [-0.3, -0.25) is 4.79 Å². The Balaban J connectivity index is 2.44. The van der Waals surface area contributed by atoms with Gasteiger partial charge in [-0.05, 0) is 17.7 Å². The first-order valence-electron chi connectivity index (χ1n) is 5.17. The third-order valence-corrected chi connectivity index (χ3v) is 4.36. The third kappa shape index (κ3) is 2.93. The van der Waals surface area contributed by atoms with Gasteiger partial charge in [-0.15, -0.1) is 11.3 Å². The van der Waals surface area contributed by atoms with Crippen molar-refractivity contribution >= 4 is 51.9 Å². The molecule has 0 aliphatic carbocycles. The lowest BCUT2D eigenvalue weighted by atomic mass is 9.93. The Morgan fingerprint density at radius 2 is 1.95 bits per heavy atom. The summed E-state index contributed by atoms with van der Waals surface area (Å²) in [6, 6.07) is 10.2. The maximum Gasteiger partial charge on any atom is 0.186 e. The van der Waals surface area contributed by atoms with Gasteiger partial charge in [0.1, 0.15) is 10.3 Å². The van der Waals surface area contributed by atoms with Gasteiger partial charge in [0.05, 0.1) is 16.0 Å². The molecular formula is C13H6Cl3NOS. The first-order chi connectivity index (χ1) is 9.04. The second-order valence-electron chi connectivity index (χ2n) is 3.69. The van der Waals surface area contributed by atoms with Gasteiger partial charge in [0, 0.05) is 5.02 Å². The maximum absolute atomic E-state index is 12.3. The van der Waals surface area contributed by atoms with E-state index in [1.165, 1.54) is 6.07 Å². The Morgan fingerprint density at radius 1 is 1.26 bits per heavy atom. The summed E-state index contributed by atoms with van der Waals surface area (Å²) in [5.41, 5.74) is 0.721. The SMILES string of the molecule is N#CC(C(=O)c1cc(Cl)sc1Cl)c1ccccc1Cl. The van der Waals surface area contributed by atoms with Gasteiger partial charge in [0.25, 0.3) is 0 Å². The molecule has 2 rings (SSSR count). The number of benzene rings is 1. The Hall–Kier alpha value is -1.05. The number of nitrogens with zero attached hydrogens (tertiary/aromatic N) is 1. The molecule has 19 heavy (non-hydrogen) atoms. The fourth-order valence-corrected chi connectivity index (χ4v) is 3.36. The predicted octanol–water partition coefficient (Wildman–Crippen LogP) is 5.20. The largest absolute Gasteiger partial charge is 0.292 e. The van der Waals surface area contributed by atoms with Crippen LogP contribution < -0.4 is 0 Å². The molecule has 0 saturated carbocycles. The van der Waals surface area contributed by atoms with E-state index in [1.807, 2.05) is 6.07 Å². The van der Waals surface area contributed by atoms with Gasteiger partial charge < -0.3 is 0 Å². The average Bonchev–Trinajstić information content (AvgIpc) is 2.71. The van der Waals surface area contributed by atoms with E-state index in [9.17, 15) is 10.1 Å². The molecule has 2 aromatic rings. The van der Waals surface area contributed by atoms with Crippen molar-refractivity contribution in [2.45, 2.75) is 5.92 Å². The van der Waals surface area contributed by atoms with Gasteiger partial charge in [0.15, 0.2) is 5.78 Å². The molecular weight excluding hydrogens is 325 g/mol. The Labute approximate surface area is 129 Å². The summed E-state index contributed by atoms with van der Waals surface area (Å²) in [5, 5.41) is 9.61. The van der Waals surface area contributed by atoms with Crippen LogP contribution in [-0.2, 0) is 0 Å². The average molecular weight is 331 g/mol. The van der Waals surface area contributed by atoms with Gasteiger partial charge in [-0.1, -0.05) is 53.0 Å². The van der Waals surface area contributed by atoms with Crippen LogP contribution in [-0.4, -0.2) is 5.78 Å². The van der Waals surface area contributed by atoms with E-state index >= 15 is 0 Å². The molecule has 1 atom stereocenters. The molecule has 1 unspecified atom stereocenters. The normalized spacial score (nSPS) is 11.9. The fraction of sp³-hybridized carbons (Fsp3) is 0.0769. The van der Waals surface area contributed by atoms with Gasteiger partial charge in [-0.2, -0.15) is 5.26 Å². The number of hydrogen-bond acceptors (Lipinski definition) is 3. The highest BCUT2D eigenvalue weighted by atomic mass is 35.5. The monoisotopic (exact) mass is 329 g/mol. The zero-order valence-corrected chi connectivity index (χ0v) is 12.4. The van der Waals surface area contributed by atoms with Crippen molar-refractivity contribution in [2.24, 2.45) is 0 Å². The molecule has 0 radical (unpaired) electrons. The predicted molar refractivity (Wildman–Crippen MR) is 78.5 cm³/mol. The molecule has 0 bridgehead atoms. The topological polar surface area (TPSA) is 40.9 Å². The van der Waals surface area contributed by atoms with Crippen LogP contribution in [0.5, 0.6) is 0 Å². The molecule has 0 aliphatic heterocycles. The molecule has 0 N–H and O–H groups in total. The zero-order chi connectivity index (χ0) is 14.0. The summed E-state index contributed by atoms with van der Waals surface area (Å²) in [5.74, 6) is -1.39. The van der Waals surface area contributed by atoms with E-state index in [-0.39, 0.29) is 9.90 Å². The minimum absolute atomic E-state index is 0.253. The highest BCUT2D eigenvalue weighted by molar-refractivity contribution is 7.20. The molecule has 1 heterocycles. The van der Waals surface area contributed by atoms with Gasteiger partial charge >= 0.3 is 0 Å². The standard InChI is InChI=1S/C13H6Cl3NOS/c14-10-4-2-1-3-7(10)9(6-17)12(18)8-5-11(15)19-13(8)16/h1-5,9H. The number of halogens is 3. The molecule has 2 nitrogen and oxygen atoms in total. The van der Waals surface area contributed by atoms with E-state index in [4.69, 9.17) is 34.8 Å². The summed E-state index contributed by atoms with van der Waals surface area (Å²) >= 11 is 18.9. The Kier molecular flexibility index (Phi) is 4.49. The van der Waals surface area contributed by atoms with Crippen LogP contribution >= 0.6 is 46.1 Å². The van der Waals surface area contributed by atoms with Crippen LogP contribution in [0.15, 0.2) is 30.3 Å². The molecule has 6 heteroatoms. The number of Topliss-reactive ketones (excluding diaryl/α,β-unsaturated/α-hetero) is 1. The van der Waals surface area contributed by atoms with Crippen LogP contribution in [0.2, 0.25) is 13.7 Å².